The maximum absolute atomic E-state index is 12.2. The number of nitrogens with zero attached hydrogens (tertiary/aromatic N) is 1. The highest BCUT2D eigenvalue weighted by Crippen LogP contribution is 2.24. The molecular formula is C19H13BrN2O4. The zero-order valence-corrected chi connectivity index (χ0v) is 15.0. The number of ether oxygens (including phenoxy) is 1. The molecule has 0 aliphatic carbocycles. The van der Waals surface area contributed by atoms with Gasteiger partial charge in [0.25, 0.3) is 11.6 Å². The molecule has 0 saturated heterocycles. The summed E-state index contributed by atoms with van der Waals surface area (Å²) in [4.78, 5) is 22.4. The van der Waals surface area contributed by atoms with Gasteiger partial charge >= 0.3 is 0 Å². The lowest BCUT2D eigenvalue weighted by Crippen LogP contribution is -2.11. The Labute approximate surface area is 157 Å². The number of amides is 1. The summed E-state index contributed by atoms with van der Waals surface area (Å²) in [6, 6.07) is 19.7. The first-order chi connectivity index (χ1) is 12.5. The van der Waals surface area contributed by atoms with Crippen LogP contribution in [0.25, 0.3) is 0 Å². The Balaban J connectivity index is 1.64. The monoisotopic (exact) mass is 412 g/mol. The molecule has 0 aromatic heterocycles. The van der Waals surface area contributed by atoms with Gasteiger partial charge in [0.15, 0.2) is 0 Å². The van der Waals surface area contributed by atoms with Crippen LogP contribution in [-0.2, 0) is 0 Å². The fraction of sp³-hybridized carbons (Fsp3) is 0. The topological polar surface area (TPSA) is 81.5 Å². The molecule has 3 aromatic carbocycles. The summed E-state index contributed by atoms with van der Waals surface area (Å²) >= 11 is 3.34. The predicted octanol–water partition coefficient (Wildman–Crippen LogP) is 5.40. The van der Waals surface area contributed by atoms with E-state index in [0.29, 0.717) is 22.7 Å². The third-order valence-corrected chi connectivity index (χ3v) is 4.03. The number of anilines is 1. The number of rotatable bonds is 5. The molecule has 130 valence electrons. The fourth-order valence-corrected chi connectivity index (χ4v) is 2.45. The van der Waals surface area contributed by atoms with Gasteiger partial charge in [-0.05, 0) is 60.7 Å². The van der Waals surface area contributed by atoms with Gasteiger partial charge in [0.05, 0.1) is 4.92 Å². The highest BCUT2D eigenvalue weighted by atomic mass is 79.9. The SMILES string of the molecule is O=C(Nc1ccc(Br)cc1)c1ccc(Oc2ccc([N+](=O)[O-])cc2)cc1. The van der Waals surface area contributed by atoms with Crippen molar-refractivity contribution in [2.45, 2.75) is 0 Å². The highest BCUT2D eigenvalue weighted by molar-refractivity contribution is 9.10. The van der Waals surface area contributed by atoms with Crippen molar-refractivity contribution in [1.82, 2.24) is 0 Å². The van der Waals surface area contributed by atoms with Crippen LogP contribution in [0.4, 0.5) is 11.4 Å². The lowest BCUT2D eigenvalue weighted by molar-refractivity contribution is -0.384. The summed E-state index contributed by atoms with van der Waals surface area (Å²) in [5.74, 6) is 0.774. The standard InChI is InChI=1S/C19H13BrN2O4/c20-14-3-5-15(6-4-14)21-19(23)13-1-9-17(10-2-13)26-18-11-7-16(8-12-18)22(24)25/h1-12H,(H,21,23). The molecule has 0 bridgehead atoms. The Morgan fingerprint density at radius 2 is 1.42 bits per heavy atom. The number of nitro benzene ring substituents is 1. The van der Waals surface area contributed by atoms with E-state index in [-0.39, 0.29) is 11.6 Å². The third-order valence-electron chi connectivity index (χ3n) is 3.50. The van der Waals surface area contributed by atoms with E-state index in [9.17, 15) is 14.9 Å². The Morgan fingerprint density at radius 3 is 1.96 bits per heavy atom. The molecule has 3 rings (SSSR count). The lowest BCUT2D eigenvalue weighted by atomic mass is 10.2. The second-order valence-corrected chi connectivity index (χ2v) is 6.25. The van der Waals surface area contributed by atoms with E-state index in [4.69, 9.17) is 4.74 Å². The average Bonchev–Trinajstić information content (AvgIpc) is 2.64. The first-order valence-corrected chi connectivity index (χ1v) is 8.40. The zero-order chi connectivity index (χ0) is 18.5. The first kappa shape index (κ1) is 17.6. The summed E-state index contributed by atoms with van der Waals surface area (Å²) in [5, 5.41) is 13.5. The molecular weight excluding hydrogens is 400 g/mol. The number of carbonyl (C=O) groups is 1. The van der Waals surface area contributed by atoms with Crippen LogP contribution in [0.3, 0.4) is 0 Å². The zero-order valence-electron chi connectivity index (χ0n) is 13.4. The van der Waals surface area contributed by atoms with E-state index in [2.05, 4.69) is 21.2 Å². The Morgan fingerprint density at radius 1 is 0.885 bits per heavy atom. The summed E-state index contributed by atoms with van der Waals surface area (Å²) < 4.78 is 6.55. The second-order valence-electron chi connectivity index (χ2n) is 5.34. The number of benzene rings is 3. The van der Waals surface area contributed by atoms with Crippen LogP contribution < -0.4 is 10.1 Å². The minimum absolute atomic E-state index is 0.00249. The summed E-state index contributed by atoms with van der Waals surface area (Å²) in [7, 11) is 0. The number of hydrogen-bond donors (Lipinski definition) is 1. The predicted molar refractivity (Wildman–Crippen MR) is 102 cm³/mol. The molecule has 0 aliphatic heterocycles. The number of hydrogen-bond acceptors (Lipinski definition) is 4. The Hall–Kier alpha value is -3.19. The van der Waals surface area contributed by atoms with Gasteiger partial charge in [0.2, 0.25) is 0 Å². The molecule has 1 N–H and O–H groups in total. The third kappa shape index (κ3) is 4.46. The van der Waals surface area contributed by atoms with Gasteiger partial charge in [-0.1, -0.05) is 15.9 Å². The number of halogens is 1. The van der Waals surface area contributed by atoms with Crippen LogP contribution >= 0.6 is 15.9 Å². The van der Waals surface area contributed by atoms with E-state index >= 15 is 0 Å². The summed E-state index contributed by atoms with van der Waals surface area (Å²) in [5.41, 5.74) is 1.19. The van der Waals surface area contributed by atoms with Gasteiger partial charge in [-0.2, -0.15) is 0 Å². The minimum Gasteiger partial charge on any atom is -0.457 e. The van der Waals surface area contributed by atoms with Gasteiger partial charge in [0, 0.05) is 27.9 Å². The van der Waals surface area contributed by atoms with Crippen LogP contribution in [0.15, 0.2) is 77.3 Å². The molecule has 6 nitrogen and oxygen atoms in total. The van der Waals surface area contributed by atoms with E-state index < -0.39 is 4.92 Å². The maximum atomic E-state index is 12.2. The quantitative estimate of drug-likeness (QED) is 0.449. The minimum atomic E-state index is -0.470. The average molecular weight is 413 g/mol. The van der Waals surface area contributed by atoms with Gasteiger partial charge in [-0.3, -0.25) is 14.9 Å². The summed E-state index contributed by atoms with van der Waals surface area (Å²) in [6.07, 6.45) is 0. The van der Waals surface area contributed by atoms with Crippen LogP contribution in [0.5, 0.6) is 11.5 Å². The first-order valence-electron chi connectivity index (χ1n) is 7.60. The molecule has 0 unspecified atom stereocenters. The Kier molecular flexibility index (Phi) is 5.28. The molecule has 3 aromatic rings. The number of nitro groups is 1. The highest BCUT2D eigenvalue weighted by Gasteiger charge is 2.08. The van der Waals surface area contributed by atoms with Gasteiger partial charge in [-0.25, -0.2) is 0 Å². The van der Waals surface area contributed by atoms with Crippen LogP contribution in [0.2, 0.25) is 0 Å². The van der Waals surface area contributed by atoms with Crippen molar-refractivity contribution in [3.05, 3.63) is 92.9 Å². The van der Waals surface area contributed by atoms with E-state index in [1.807, 2.05) is 12.1 Å². The van der Waals surface area contributed by atoms with Crippen LogP contribution in [-0.4, -0.2) is 10.8 Å². The number of nitrogens with one attached hydrogen (secondary N) is 1. The normalized spacial score (nSPS) is 10.2. The number of carbonyl (C=O) groups excluding carboxylic acids is 1. The van der Waals surface area contributed by atoms with Crippen molar-refractivity contribution in [3.8, 4) is 11.5 Å². The van der Waals surface area contributed by atoms with Crippen molar-refractivity contribution >= 4 is 33.2 Å². The van der Waals surface area contributed by atoms with Crippen molar-refractivity contribution < 1.29 is 14.5 Å². The lowest BCUT2D eigenvalue weighted by Gasteiger charge is -2.08. The molecule has 0 radical (unpaired) electrons. The Bertz CT molecular complexity index is 923. The van der Waals surface area contributed by atoms with Crippen LogP contribution in [0.1, 0.15) is 10.4 Å². The molecule has 0 spiro atoms. The molecule has 26 heavy (non-hydrogen) atoms. The van der Waals surface area contributed by atoms with Crippen molar-refractivity contribution in [2.24, 2.45) is 0 Å². The smallest absolute Gasteiger partial charge is 0.269 e. The molecule has 0 atom stereocenters. The second kappa shape index (κ2) is 7.79. The van der Waals surface area contributed by atoms with Crippen molar-refractivity contribution in [1.29, 1.82) is 0 Å². The van der Waals surface area contributed by atoms with E-state index in [1.54, 1.807) is 36.4 Å². The molecule has 0 heterocycles. The molecule has 0 aliphatic rings. The van der Waals surface area contributed by atoms with Crippen molar-refractivity contribution in [2.75, 3.05) is 5.32 Å². The maximum Gasteiger partial charge on any atom is 0.269 e. The van der Waals surface area contributed by atoms with Gasteiger partial charge in [-0.15, -0.1) is 0 Å². The number of non-ortho nitro benzene ring substituents is 1. The van der Waals surface area contributed by atoms with Crippen molar-refractivity contribution in [3.63, 3.8) is 0 Å². The van der Waals surface area contributed by atoms with Gasteiger partial charge < -0.3 is 10.1 Å². The molecule has 0 fully saturated rings. The fourth-order valence-electron chi connectivity index (χ4n) is 2.18. The largest absolute Gasteiger partial charge is 0.457 e. The molecule has 1 amide bonds. The molecule has 0 saturated carbocycles. The van der Waals surface area contributed by atoms with Crippen LogP contribution in [0, 0.1) is 10.1 Å². The van der Waals surface area contributed by atoms with E-state index in [0.717, 1.165) is 4.47 Å². The molecule has 7 heteroatoms. The van der Waals surface area contributed by atoms with Gasteiger partial charge in [0.1, 0.15) is 11.5 Å². The summed E-state index contributed by atoms with van der Waals surface area (Å²) in [6.45, 7) is 0. The van der Waals surface area contributed by atoms with E-state index in [1.165, 1.54) is 24.3 Å².